The van der Waals surface area contributed by atoms with Gasteiger partial charge in [0.2, 0.25) is 5.91 Å². The number of carbonyl (C=O) groups excluding carboxylic acids is 1. The maximum atomic E-state index is 12.1. The molecule has 0 aromatic heterocycles. The van der Waals surface area contributed by atoms with Crippen LogP contribution in [0.3, 0.4) is 0 Å². The van der Waals surface area contributed by atoms with Crippen molar-refractivity contribution >= 4 is 41.3 Å². The van der Waals surface area contributed by atoms with Crippen molar-refractivity contribution in [3.05, 3.63) is 33.3 Å². The predicted molar refractivity (Wildman–Crippen MR) is 92.5 cm³/mol. The van der Waals surface area contributed by atoms with Crippen LogP contribution in [0.1, 0.15) is 12.8 Å². The number of nitro benzene ring substituents is 1. The van der Waals surface area contributed by atoms with Gasteiger partial charge >= 0.3 is 0 Å². The molecule has 7 nitrogen and oxygen atoms in total. The van der Waals surface area contributed by atoms with E-state index in [4.69, 9.17) is 11.6 Å². The molecule has 2 rings (SSSR count). The summed E-state index contributed by atoms with van der Waals surface area (Å²) >= 11 is 5.75. The fourth-order valence-electron chi connectivity index (χ4n) is 2.57. The van der Waals surface area contributed by atoms with Gasteiger partial charge in [0, 0.05) is 24.3 Å². The number of nitro groups is 1. The molecule has 0 aliphatic carbocycles. The molecule has 128 valence electrons. The van der Waals surface area contributed by atoms with Crippen LogP contribution in [0.25, 0.3) is 0 Å². The Bertz CT molecular complexity index is 571. The van der Waals surface area contributed by atoms with E-state index in [0.29, 0.717) is 11.7 Å². The number of likely N-dealkylation sites (N-methyl/N-ethyl adjacent to an activating group) is 1. The van der Waals surface area contributed by atoms with E-state index in [-0.39, 0.29) is 35.6 Å². The molecule has 1 amide bonds. The number of hydrogen-bond acceptors (Lipinski definition) is 5. The number of nitrogens with zero attached hydrogens (tertiary/aromatic N) is 2. The second-order valence-corrected chi connectivity index (χ2v) is 5.74. The molecule has 1 heterocycles. The van der Waals surface area contributed by atoms with Gasteiger partial charge in [0.25, 0.3) is 5.69 Å². The summed E-state index contributed by atoms with van der Waals surface area (Å²) in [4.78, 5) is 24.4. The number of halogens is 2. The number of piperidine rings is 1. The van der Waals surface area contributed by atoms with Gasteiger partial charge in [-0.1, -0.05) is 11.6 Å². The van der Waals surface area contributed by atoms with Crippen molar-refractivity contribution in [2.24, 2.45) is 0 Å². The monoisotopic (exact) mass is 362 g/mol. The molecule has 9 heteroatoms. The second-order valence-electron chi connectivity index (χ2n) is 5.33. The molecule has 0 saturated carbocycles. The third-order valence-corrected chi connectivity index (χ3v) is 4.03. The number of rotatable bonds is 5. The van der Waals surface area contributed by atoms with Crippen LogP contribution in [0.4, 0.5) is 11.4 Å². The highest BCUT2D eigenvalue weighted by molar-refractivity contribution is 6.32. The van der Waals surface area contributed by atoms with Gasteiger partial charge in [-0.25, -0.2) is 0 Å². The molecule has 1 unspecified atom stereocenters. The lowest BCUT2D eigenvalue weighted by Gasteiger charge is -2.31. The van der Waals surface area contributed by atoms with Crippen molar-refractivity contribution in [3.8, 4) is 0 Å². The summed E-state index contributed by atoms with van der Waals surface area (Å²) in [7, 11) is 1.92. The minimum absolute atomic E-state index is 0. The van der Waals surface area contributed by atoms with E-state index in [1.54, 1.807) is 6.07 Å². The molecule has 1 aromatic carbocycles. The number of hydrogen-bond donors (Lipinski definition) is 2. The van der Waals surface area contributed by atoms with Crippen LogP contribution in [0, 0.1) is 10.1 Å². The van der Waals surface area contributed by atoms with E-state index in [9.17, 15) is 14.9 Å². The van der Waals surface area contributed by atoms with E-state index >= 15 is 0 Å². The minimum Gasteiger partial charge on any atom is -0.325 e. The summed E-state index contributed by atoms with van der Waals surface area (Å²) in [5.74, 6) is -0.187. The number of nitrogens with one attached hydrogen (secondary N) is 2. The fourth-order valence-corrected chi connectivity index (χ4v) is 2.76. The third kappa shape index (κ3) is 5.62. The zero-order valence-corrected chi connectivity index (χ0v) is 14.3. The molecular weight excluding hydrogens is 343 g/mol. The van der Waals surface area contributed by atoms with Gasteiger partial charge in [0.15, 0.2) is 0 Å². The van der Waals surface area contributed by atoms with Gasteiger partial charge in [-0.15, -0.1) is 12.4 Å². The van der Waals surface area contributed by atoms with Crippen molar-refractivity contribution in [1.29, 1.82) is 0 Å². The van der Waals surface area contributed by atoms with Crippen LogP contribution >= 0.6 is 24.0 Å². The van der Waals surface area contributed by atoms with Crippen molar-refractivity contribution in [1.82, 2.24) is 10.2 Å². The van der Waals surface area contributed by atoms with E-state index in [1.165, 1.54) is 12.1 Å². The van der Waals surface area contributed by atoms with Crippen LogP contribution in [-0.4, -0.2) is 48.5 Å². The van der Waals surface area contributed by atoms with Gasteiger partial charge in [0.05, 0.1) is 11.5 Å². The lowest BCUT2D eigenvalue weighted by atomic mass is 10.1. The average molecular weight is 363 g/mol. The highest BCUT2D eigenvalue weighted by Gasteiger charge is 2.21. The molecule has 1 fully saturated rings. The highest BCUT2D eigenvalue weighted by Crippen LogP contribution is 2.27. The quantitative estimate of drug-likeness (QED) is 0.619. The van der Waals surface area contributed by atoms with Gasteiger partial charge in [-0.2, -0.15) is 0 Å². The standard InChI is InChI=1S/C14H19ClN4O3.ClH/c1-16-11-3-2-6-18(8-11)9-14(20)17-10-4-5-12(15)13(7-10)19(21)22;/h4-5,7,11,16H,2-3,6,8-9H2,1H3,(H,17,20);1H. The van der Waals surface area contributed by atoms with Gasteiger partial charge in [-0.05, 0) is 38.6 Å². The zero-order valence-electron chi connectivity index (χ0n) is 12.8. The highest BCUT2D eigenvalue weighted by atomic mass is 35.5. The predicted octanol–water partition coefficient (Wildman–Crippen LogP) is 2.29. The first kappa shape index (κ1) is 19.6. The van der Waals surface area contributed by atoms with E-state index in [1.807, 2.05) is 7.05 Å². The van der Waals surface area contributed by atoms with Crippen molar-refractivity contribution < 1.29 is 9.72 Å². The Balaban J connectivity index is 0.00000264. The molecule has 0 radical (unpaired) electrons. The summed E-state index contributed by atoms with van der Waals surface area (Å²) in [5, 5.41) is 16.8. The largest absolute Gasteiger partial charge is 0.325 e. The molecule has 1 saturated heterocycles. The third-order valence-electron chi connectivity index (χ3n) is 3.71. The van der Waals surface area contributed by atoms with Crippen molar-refractivity contribution in [2.45, 2.75) is 18.9 Å². The summed E-state index contributed by atoms with van der Waals surface area (Å²) in [5.41, 5.74) is 0.163. The molecule has 0 bridgehead atoms. The number of anilines is 1. The minimum atomic E-state index is -0.569. The summed E-state index contributed by atoms with van der Waals surface area (Å²) < 4.78 is 0. The molecule has 1 aromatic rings. The fraction of sp³-hybridized carbons (Fsp3) is 0.500. The molecule has 1 aliphatic heterocycles. The number of amides is 1. The summed E-state index contributed by atoms with van der Waals surface area (Å²) in [6.45, 7) is 1.98. The normalized spacial score (nSPS) is 18.1. The lowest BCUT2D eigenvalue weighted by Crippen LogP contribution is -2.46. The van der Waals surface area contributed by atoms with Crippen LogP contribution in [0.5, 0.6) is 0 Å². The summed E-state index contributed by atoms with van der Waals surface area (Å²) in [6, 6.07) is 4.64. The first-order valence-electron chi connectivity index (χ1n) is 7.13. The Morgan fingerprint density at radius 2 is 2.26 bits per heavy atom. The number of carbonyl (C=O) groups is 1. The maximum Gasteiger partial charge on any atom is 0.289 e. The van der Waals surface area contributed by atoms with Crippen molar-refractivity contribution in [2.75, 3.05) is 32.0 Å². The SMILES string of the molecule is CNC1CCCN(CC(=O)Nc2ccc(Cl)c([N+](=O)[O-])c2)C1.Cl. The number of likely N-dealkylation sites (tertiary alicyclic amines) is 1. The first-order chi connectivity index (χ1) is 10.5. The Morgan fingerprint density at radius 3 is 2.91 bits per heavy atom. The summed E-state index contributed by atoms with van der Waals surface area (Å²) in [6.07, 6.45) is 2.16. The zero-order chi connectivity index (χ0) is 16.1. The van der Waals surface area contributed by atoms with Crippen LogP contribution < -0.4 is 10.6 Å². The Labute approximate surface area is 145 Å². The van der Waals surface area contributed by atoms with Crippen LogP contribution in [-0.2, 0) is 4.79 Å². The second kappa shape index (κ2) is 9.02. The topological polar surface area (TPSA) is 87.5 Å². The Morgan fingerprint density at radius 1 is 1.52 bits per heavy atom. The van der Waals surface area contributed by atoms with Crippen LogP contribution in [0.15, 0.2) is 18.2 Å². The van der Waals surface area contributed by atoms with E-state index in [2.05, 4.69) is 15.5 Å². The van der Waals surface area contributed by atoms with Gasteiger partial charge in [-0.3, -0.25) is 19.8 Å². The molecule has 23 heavy (non-hydrogen) atoms. The van der Waals surface area contributed by atoms with Gasteiger partial charge < -0.3 is 10.6 Å². The van der Waals surface area contributed by atoms with Gasteiger partial charge in [0.1, 0.15) is 5.02 Å². The molecule has 1 aliphatic rings. The van der Waals surface area contributed by atoms with E-state index in [0.717, 1.165) is 25.9 Å². The first-order valence-corrected chi connectivity index (χ1v) is 7.51. The molecular formula is C14H20Cl2N4O3. The Kier molecular flexibility index (Phi) is 7.70. The molecule has 0 spiro atoms. The lowest BCUT2D eigenvalue weighted by molar-refractivity contribution is -0.384. The molecule has 1 atom stereocenters. The smallest absolute Gasteiger partial charge is 0.289 e. The maximum absolute atomic E-state index is 12.1. The average Bonchev–Trinajstić information content (AvgIpc) is 2.49. The van der Waals surface area contributed by atoms with Crippen LogP contribution in [0.2, 0.25) is 5.02 Å². The number of benzene rings is 1. The van der Waals surface area contributed by atoms with E-state index < -0.39 is 4.92 Å². The molecule has 2 N–H and O–H groups in total. The van der Waals surface area contributed by atoms with Crippen molar-refractivity contribution in [3.63, 3.8) is 0 Å². The Hall–Kier alpha value is -1.41.